The van der Waals surface area contributed by atoms with Crippen LogP contribution in [0.5, 0.6) is 0 Å². The topological polar surface area (TPSA) is 70.2 Å². The highest BCUT2D eigenvalue weighted by atomic mass is 32.2. The van der Waals surface area contributed by atoms with E-state index >= 15 is 0 Å². The smallest absolute Gasteiger partial charge is 0.276 e. The van der Waals surface area contributed by atoms with Crippen LogP contribution in [0.4, 0.5) is 0 Å². The molecule has 0 aromatic rings. The number of piperidine rings is 1. The van der Waals surface area contributed by atoms with Crippen molar-refractivity contribution in [2.75, 3.05) is 20.1 Å². The van der Waals surface area contributed by atoms with Gasteiger partial charge in [-0.2, -0.15) is 8.42 Å². The Bertz CT molecular complexity index is 247. The maximum absolute atomic E-state index is 11.0. The van der Waals surface area contributed by atoms with Crippen LogP contribution in [0.15, 0.2) is 0 Å². The molecule has 3 N–H and O–H groups in total. The van der Waals surface area contributed by atoms with Crippen LogP contribution in [0, 0.1) is 0 Å². The Morgan fingerprint density at radius 3 is 2.79 bits per heavy atom. The maximum Gasteiger partial charge on any atom is 0.276 e. The second-order valence-corrected chi connectivity index (χ2v) is 5.24. The average Bonchev–Trinajstić information content (AvgIpc) is 2.19. The predicted molar refractivity (Wildman–Crippen MR) is 56.2 cm³/mol. The predicted octanol–water partition coefficient (Wildman–Crippen LogP) is -0.428. The largest absolute Gasteiger partial charge is 0.314 e. The summed E-state index contributed by atoms with van der Waals surface area (Å²) in [6, 6.07) is 0.475. The van der Waals surface area contributed by atoms with Gasteiger partial charge in [0.25, 0.3) is 10.2 Å². The van der Waals surface area contributed by atoms with E-state index < -0.39 is 10.2 Å². The summed E-state index contributed by atoms with van der Waals surface area (Å²) >= 11 is 0. The van der Waals surface area contributed by atoms with E-state index in [9.17, 15) is 8.42 Å². The van der Waals surface area contributed by atoms with Gasteiger partial charge in [0.15, 0.2) is 0 Å². The normalized spacial score (nSPS) is 23.6. The van der Waals surface area contributed by atoms with Crippen molar-refractivity contribution in [2.24, 2.45) is 0 Å². The minimum Gasteiger partial charge on any atom is -0.314 e. The van der Waals surface area contributed by atoms with Gasteiger partial charge in [0, 0.05) is 19.6 Å². The monoisotopic (exact) mass is 221 g/mol. The van der Waals surface area contributed by atoms with E-state index in [1.54, 1.807) is 0 Å². The van der Waals surface area contributed by atoms with Crippen molar-refractivity contribution in [3.05, 3.63) is 0 Å². The van der Waals surface area contributed by atoms with Crippen LogP contribution in [0.2, 0.25) is 0 Å². The maximum atomic E-state index is 11.0. The molecule has 14 heavy (non-hydrogen) atoms. The number of hydrogen-bond donors (Lipinski definition) is 3. The Balaban J connectivity index is 2.14. The molecule has 1 saturated heterocycles. The third kappa shape index (κ3) is 4.36. The summed E-state index contributed by atoms with van der Waals surface area (Å²) in [6.45, 7) is 1.56. The van der Waals surface area contributed by atoms with E-state index in [0.717, 1.165) is 19.4 Å². The summed E-state index contributed by atoms with van der Waals surface area (Å²) in [5.74, 6) is 0. The van der Waals surface area contributed by atoms with Crippen molar-refractivity contribution in [1.29, 1.82) is 0 Å². The Hall–Kier alpha value is -0.170. The summed E-state index contributed by atoms with van der Waals surface area (Å²) in [5, 5.41) is 3.37. The first-order valence-corrected chi connectivity index (χ1v) is 6.54. The van der Waals surface area contributed by atoms with E-state index in [-0.39, 0.29) is 0 Å². The molecular formula is C8H19N3O2S. The van der Waals surface area contributed by atoms with Crippen LogP contribution in [-0.2, 0) is 10.2 Å². The van der Waals surface area contributed by atoms with E-state index in [1.165, 1.54) is 19.9 Å². The Morgan fingerprint density at radius 2 is 2.21 bits per heavy atom. The summed E-state index contributed by atoms with van der Waals surface area (Å²) in [5.41, 5.74) is 0. The van der Waals surface area contributed by atoms with Crippen molar-refractivity contribution in [1.82, 2.24) is 14.8 Å². The van der Waals surface area contributed by atoms with Crippen molar-refractivity contribution < 1.29 is 8.42 Å². The fourth-order valence-corrected chi connectivity index (χ4v) is 2.14. The van der Waals surface area contributed by atoms with Crippen molar-refractivity contribution in [3.8, 4) is 0 Å². The molecular weight excluding hydrogens is 202 g/mol. The first kappa shape index (κ1) is 11.9. The molecule has 1 aliphatic rings. The Kier molecular flexibility index (Phi) is 4.80. The van der Waals surface area contributed by atoms with Crippen molar-refractivity contribution >= 4 is 10.2 Å². The molecule has 1 unspecified atom stereocenters. The lowest BCUT2D eigenvalue weighted by atomic mass is 10.0. The molecule has 0 spiro atoms. The highest BCUT2D eigenvalue weighted by molar-refractivity contribution is 7.87. The first-order chi connectivity index (χ1) is 6.64. The van der Waals surface area contributed by atoms with Gasteiger partial charge in [0.1, 0.15) is 0 Å². The van der Waals surface area contributed by atoms with Crippen LogP contribution in [0.25, 0.3) is 0 Å². The summed E-state index contributed by atoms with van der Waals surface area (Å²) in [4.78, 5) is 0. The second-order valence-electron chi connectivity index (χ2n) is 3.54. The molecule has 0 saturated carbocycles. The molecule has 84 valence electrons. The zero-order chi connectivity index (χ0) is 10.4. The molecule has 0 bridgehead atoms. The summed E-state index contributed by atoms with van der Waals surface area (Å²) < 4.78 is 26.7. The van der Waals surface area contributed by atoms with Gasteiger partial charge in [0.2, 0.25) is 0 Å². The van der Waals surface area contributed by atoms with Crippen molar-refractivity contribution in [2.45, 2.75) is 31.7 Å². The third-order valence-corrected chi connectivity index (χ3v) is 3.59. The van der Waals surface area contributed by atoms with E-state index in [2.05, 4.69) is 14.8 Å². The van der Waals surface area contributed by atoms with Crippen molar-refractivity contribution in [3.63, 3.8) is 0 Å². The Labute approximate surface area is 85.8 Å². The molecule has 1 heterocycles. The van der Waals surface area contributed by atoms with Gasteiger partial charge in [0.05, 0.1) is 0 Å². The van der Waals surface area contributed by atoms with Crippen LogP contribution in [-0.4, -0.2) is 34.6 Å². The SMILES string of the molecule is CNS(=O)(=O)NCCC1CCCCN1. The molecule has 6 heteroatoms. The quantitative estimate of drug-likeness (QED) is 0.590. The molecule has 0 aliphatic carbocycles. The van der Waals surface area contributed by atoms with Crippen LogP contribution in [0.3, 0.4) is 0 Å². The zero-order valence-corrected chi connectivity index (χ0v) is 9.36. The number of hydrogen-bond acceptors (Lipinski definition) is 3. The Morgan fingerprint density at radius 1 is 1.43 bits per heavy atom. The zero-order valence-electron chi connectivity index (χ0n) is 8.54. The second kappa shape index (κ2) is 5.65. The number of nitrogens with one attached hydrogen (secondary N) is 3. The molecule has 0 aromatic carbocycles. The molecule has 0 aromatic heterocycles. The fraction of sp³-hybridized carbons (Fsp3) is 1.00. The van der Waals surface area contributed by atoms with Crippen LogP contribution >= 0.6 is 0 Å². The standard InChI is InChI=1S/C8H19N3O2S/c1-9-14(12,13)11-7-5-8-4-2-3-6-10-8/h8-11H,2-7H2,1H3. The molecule has 5 nitrogen and oxygen atoms in total. The van der Waals surface area contributed by atoms with Gasteiger partial charge in [-0.3, -0.25) is 0 Å². The highest BCUT2D eigenvalue weighted by Crippen LogP contribution is 2.09. The molecule has 1 atom stereocenters. The van der Waals surface area contributed by atoms with Crippen LogP contribution < -0.4 is 14.8 Å². The van der Waals surface area contributed by atoms with Gasteiger partial charge in [-0.25, -0.2) is 9.44 Å². The van der Waals surface area contributed by atoms with Crippen LogP contribution in [0.1, 0.15) is 25.7 Å². The summed E-state index contributed by atoms with van der Waals surface area (Å²) in [6.07, 6.45) is 4.50. The molecule has 0 amide bonds. The lowest BCUT2D eigenvalue weighted by Crippen LogP contribution is -2.39. The lowest BCUT2D eigenvalue weighted by molar-refractivity contribution is 0.382. The molecule has 1 aliphatic heterocycles. The van der Waals surface area contributed by atoms with E-state index in [0.29, 0.717) is 12.6 Å². The van der Waals surface area contributed by atoms with Gasteiger partial charge in [-0.05, 0) is 25.8 Å². The first-order valence-electron chi connectivity index (χ1n) is 5.05. The fourth-order valence-electron chi connectivity index (χ4n) is 1.61. The number of rotatable bonds is 5. The molecule has 1 fully saturated rings. The minimum atomic E-state index is -3.25. The highest BCUT2D eigenvalue weighted by Gasteiger charge is 2.13. The minimum absolute atomic E-state index is 0.475. The average molecular weight is 221 g/mol. The van der Waals surface area contributed by atoms with E-state index in [4.69, 9.17) is 0 Å². The third-order valence-electron chi connectivity index (χ3n) is 2.47. The lowest BCUT2D eigenvalue weighted by Gasteiger charge is -2.23. The summed E-state index contributed by atoms with van der Waals surface area (Å²) in [7, 11) is -1.84. The van der Waals surface area contributed by atoms with E-state index in [1.807, 2.05) is 0 Å². The van der Waals surface area contributed by atoms with Gasteiger partial charge in [-0.1, -0.05) is 6.42 Å². The van der Waals surface area contributed by atoms with Gasteiger partial charge in [-0.15, -0.1) is 0 Å². The molecule has 0 radical (unpaired) electrons. The van der Waals surface area contributed by atoms with Gasteiger partial charge >= 0.3 is 0 Å². The molecule has 1 rings (SSSR count). The van der Waals surface area contributed by atoms with Gasteiger partial charge < -0.3 is 5.32 Å².